The molecule has 2 heterocycles. The summed E-state index contributed by atoms with van der Waals surface area (Å²) in [6.07, 6.45) is 0. The predicted molar refractivity (Wildman–Crippen MR) is 102 cm³/mol. The molecule has 1 fully saturated rings. The van der Waals surface area contributed by atoms with Crippen LogP contribution in [0.5, 0.6) is 0 Å². The summed E-state index contributed by atoms with van der Waals surface area (Å²) in [4.78, 5) is 9.08. The van der Waals surface area contributed by atoms with Crippen molar-refractivity contribution in [3.8, 4) is 0 Å². The normalized spacial score (nSPS) is 20.9. The van der Waals surface area contributed by atoms with Gasteiger partial charge >= 0.3 is 0 Å². The van der Waals surface area contributed by atoms with E-state index in [1.807, 2.05) is 7.05 Å². The van der Waals surface area contributed by atoms with Gasteiger partial charge in [0.2, 0.25) is 0 Å². The second kappa shape index (κ2) is 9.60. The average Bonchev–Trinajstić information content (AvgIpc) is 2.96. The van der Waals surface area contributed by atoms with Gasteiger partial charge in [-0.15, -0.1) is 24.0 Å². The molecule has 0 radical (unpaired) electrons. The lowest BCUT2D eigenvalue weighted by Crippen LogP contribution is -2.55. The molecule has 0 spiro atoms. The molecule has 1 aromatic rings. The number of hydrogen-bond acceptors (Lipinski definition) is 4. The van der Waals surface area contributed by atoms with E-state index in [2.05, 4.69) is 56.3 Å². The minimum Gasteiger partial charge on any atom is -0.355 e. The topological polar surface area (TPSA) is 42.9 Å². The summed E-state index contributed by atoms with van der Waals surface area (Å²) in [6.45, 7) is 5.13. The lowest BCUT2D eigenvalue weighted by Gasteiger charge is -2.37. The van der Waals surface area contributed by atoms with E-state index >= 15 is 0 Å². The number of guanidine groups is 1. The van der Waals surface area contributed by atoms with Crippen LogP contribution in [0.2, 0.25) is 0 Å². The Balaban J connectivity index is 0.00000220. The zero-order valence-corrected chi connectivity index (χ0v) is 16.1. The van der Waals surface area contributed by atoms with Crippen molar-refractivity contribution in [1.29, 1.82) is 0 Å². The summed E-state index contributed by atoms with van der Waals surface area (Å²) >= 11 is 1.72. The Bertz CT molecular complexity index is 423. The molecule has 2 N–H and O–H groups in total. The third-order valence-corrected chi connectivity index (χ3v) is 4.48. The first-order valence-electron chi connectivity index (χ1n) is 7.03. The molecule has 1 aliphatic rings. The molecule has 0 aliphatic carbocycles. The maximum absolute atomic E-state index is 4.28. The minimum absolute atomic E-state index is 0. The minimum atomic E-state index is 0. The van der Waals surface area contributed by atoms with E-state index in [-0.39, 0.29) is 24.0 Å². The maximum Gasteiger partial charge on any atom is 0.191 e. The number of thiophene rings is 1. The number of hydrogen-bond donors (Lipinski definition) is 2. The summed E-state index contributed by atoms with van der Waals surface area (Å²) in [5, 5.41) is 11.0. The van der Waals surface area contributed by atoms with E-state index in [1.54, 1.807) is 11.3 Å². The van der Waals surface area contributed by atoms with Gasteiger partial charge in [0.1, 0.15) is 0 Å². The van der Waals surface area contributed by atoms with Crippen molar-refractivity contribution in [2.75, 3.05) is 47.3 Å². The van der Waals surface area contributed by atoms with Crippen LogP contribution in [-0.4, -0.2) is 69.1 Å². The summed E-state index contributed by atoms with van der Waals surface area (Å²) in [5.74, 6) is 0.873. The largest absolute Gasteiger partial charge is 0.355 e. The number of likely N-dealkylation sites (N-methyl/N-ethyl adjacent to an activating group) is 2. The van der Waals surface area contributed by atoms with Gasteiger partial charge in [0.15, 0.2) is 5.96 Å². The second-order valence-corrected chi connectivity index (χ2v) is 6.11. The lowest BCUT2D eigenvalue weighted by molar-refractivity contribution is 0.116. The van der Waals surface area contributed by atoms with E-state index in [1.165, 1.54) is 5.56 Å². The molecule has 7 heteroatoms. The summed E-state index contributed by atoms with van der Waals surface area (Å²) in [7, 11) is 6.20. The Kier molecular flexibility index (Phi) is 8.53. The number of piperazine rings is 1. The van der Waals surface area contributed by atoms with Crippen molar-refractivity contribution in [3.63, 3.8) is 0 Å². The molecule has 21 heavy (non-hydrogen) atoms. The van der Waals surface area contributed by atoms with E-state index < -0.39 is 0 Å². The summed E-state index contributed by atoms with van der Waals surface area (Å²) < 4.78 is 0. The van der Waals surface area contributed by atoms with Crippen LogP contribution >= 0.6 is 35.3 Å². The van der Waals surface area contributed by atoms with Crippen LogP contribution in [0.25, 0.3) is 0 Å². The highest BCUT2D eigenvalue weighted by molar-refractivity contribution is 14.0. The van der Waals surface area contributed by atoms with Crippen molar-refractivity contribution < 1.29 is 0 Å². The average molecular weight is 423 g/mol. The second-order valence-electron chi connectivity index (χ2n) is 5.33. The van der Waals surface area contributed by atoms with Crippen molar-refractivity contribution in [3.05, 3.63) is 22.4 Å². The molecule has 1 unspecified atom stereocenters. The standard InChI is InChI=1S/C14H25N5S.HI/c1-15-14(16-8-12-4-7-20-11-12)17-9-13-10-18(2)5-6-19(13)3;/h4,7,11,13H,5-6,8-10H2,1-3H3,(H2,15,16,17);1H. The molecule has 1 aliphatic heterocycles. The van der Waals surface area contributed by atoms with Crippen molar-refractivity contribution in [2.45, 2.75) is 12.6 Å². The van der Waals surface area contributed by atoms with E-state index in [4.69, 9.17) is 0 Å². The summed E-state index contributed by atoms with van der Waals surface area (Å²) in [6, 6.07) is 2.67. The third-order valence-electron chi connectivity index (χ3n) is 3.75. The molecule has 120 valence electrons. The van der Waals surface area contributed by atoms with Crippen LogP contribution in [0.15, 0.2) is 21.8 Å². The number of nitrogens with zero attached hydrogens (tertiary/aromatic N) is 3. The summed E-state index contributed by atoms with van der Waals surface area (Å²) in [5.41, 5.74) is 1.30. The number of aliphatic imine (C=N–C) groups is 1. The first-order chi connectivity index (χ1) is 9.69. The molecular weight excluding hydrogens is 397 g/mol. The number of rotatable bonds is 4. The van der Waals surface area contributed by atoms with Crippen molar-refractivity contribution in [2.24, 2.45) is 4.99 Å². The first kappa shape index (κ1) is 18.7. The van der Waals surface area contributed by atoms with Crippen LogP contribution in [0.3, 0.4) is 0 Å². The van der Waals surface area contributed by atoms with Crippen molar-refractivity contribution >= 4 is 41.3 Å². The fourth-order valence-electron chi connectivity index (χ4n) is 2.34. The van der Waals surface area contributed by atoms with Gasteiger partial charge in [0, 0.05) is 45.8 Å². The lowest BCUT2D eigenvalue weighted by atomic mass is 10.2. The molecular formula is C14H26IN5S. The fraction of sp³-hybridized carbons (Fsp3) is 0.643. The van der Waals surface area contributed by atoms with Gasteiger partial charge in [0.25, 0.3) is 0 Å². The van der Waals surface area contributed by atoms with Crippen molar-refractivity contribution in [1.82, 2.24) is 20.4 Å². The highest BCUT2D eigenvalue weighted by atomic mass is 127. The Hall–Kier alpha value is -0.380. The highest BCUT2D eigenvalue weighted by Gasteiger charge is 2.21. The molecule has 0 bridgehead atoms. The zero-order valence-electron chi connectivity index (χ0n) is 13.0. The molecule has 1 atom stereocenters. The Labute approximate surface area is 148 Å². The number of halogens is 1. The van der Waals surface area contributed by atoms with E-state index in [0.29, 0.717) is 6.04 Å². The Morgan fingerprint density at radius 2 is 2.19 bits per heavy atom. The van der Waals surface area contributed by atoms with E-state index in [9.17, 15) is 0 Å². The van der Waals surface area contributed by atoms with Gasteiger partial charge in [-0.3, -0.25) is 9.89 Å². The maximum atomic E-state index is 4.28. The van der Waals surface area contributed by atoms with E-state index in [0.717, 1.165) is 38.7 Å². The quantitative estimate of drug-likeness (QED) is 0.435. The molecule has 2 rings (SSSR count). The molecule has 0 amide bonds. The molecule has 1 saturated heterocycles. The molecule has 0 aromatic carbocycles. The fourth-order valence-corrected chi connectivity index (χ4v) is 3.00. The van der Waals surface area contributed by atoms with Gasteiger partial charge in [-0.2, -0.15) is 11.3 Å². The van der Waals surface area contributed by atoms with Gasteiger partial charge in [-0.1, -0.05) is 0 Å². The zero-order chi connectivity index (χ0) is 14.4. The van der Waals surface area contributed by atoms with Gasteiger partial charge < -0.3 is 15.5 Å². The smallest absolute Gasteiger partial charge is 0.191 e. The van der Waals surface area contributed by atoms with Crippen LogP contribution in [0, 0.1) is 0 Å². The Morgan fingerprint density at radius 1 is 1.38 bits per heavy atom. The Morgan fingerprint density at radius 3 is 2.86 bits per heavy atom. The highest BCUT2D eigenvalue weighted by Crippen LogP contribution is 2.06. The van der Waals surface area contributed by atoms with Gasteiger partial charge in [0.05, 0.1) is 0 Å². The molecule has 0 saturated carbocycles. The van der Waals surface area contributed by atoms with Crippen LogP contribution in [0.1, 0.15) is 5.56 Å². The van der Waals surface area contributed by atoms with Gasteiger partial charge in [-0.05, 0) is 36.5 Å². The van der Waals surface area contributed by atoms with Crippen LogP contribution in [-0.2, 0) is 6.54 Å². The third kappa shape index (κ3) is 6.09. The monoisotopic (exact) mass is 423 g/mol. The first-order valence-corrected chi connectivity index (χ1v) is 7.97. The molecule has 5 nitrogen and oxygen atoms in total. The van der Waals surface area contributed by atoms with Gasteiger partial charge in [-0.25, -0.2) is 0 Å². The van der Waals surface area contributed by atoms with Crippen LogP contribution in [0.4, 0.5) is 0 Å². The van der Waals surface area contributed by atoms with Crippen LogP contribution < -0.4 is 10.6 Å². The number of nitrogens with one attached hydrogen (secondary N) is 2. The predicted octanol–water partition coefficient (Wildman–Crippen LogP) is 1.28. The molecule has 1 aromatic heterocycles. The SMILES string of the molecule is CN=C(NCc1ccsc1)NCC1CN(C)CCN1C.I.